The van der Waals surface area contributed by atoms with Crippen LogP contribution < -0.4 is 0 Å². The van der Waals surface area contributed by atoms with Gasteiger partial charge >= 0.3 is 0 Å². The van der Waals surface area contributed by atoms with Crippen LogP contribution in [0.4, 0.5) is 0 Å². The normalized spacial score (nSPS) is 13.3. The summed E-state index contributed by atoms with van der Waals surface area (Å²) in [5.74, 6) is 0. The van der Waals surface area contributed by atoms with E-state index in [0.717, 1.165) is 0 Å². The lowest BCUT2D eigenvalue weighted by atomic mass is 10.5. The molecule has 0 aliphatic rings. The van der Waals surface area contributed by atoms with Crippen LogP contribution in [0, 0.1) is 0 Å². The van der Waals surface area contributed by atoms with Gasteiger partial charge in [-0.2, -0.15) is 16.8 Å². The second kappa shape index (κ2) is 7.41. The van der Waals surface area contributed by atoms with Crippen LogP contribution >= 0.6 is 0 Å². The van der Waals surface area contributed by atoms with Crippen molar-refractivity contribution in [1.29, 1.82) is 0 Å². The second-order valence-electron chi connectivity index (χ2n) is 3.18. The molecule has 104 valence electrons. The van der Waals surface area contributed by atoms with Crippen molar-refractivity contribution in [3.63, 3.8) is 0 Å². The summed E-state index contributed by atoms with van der Waals surface area (Å²) in [5, 5.41) is 0. The van der Waals surface area contributed by atoms with E-state index in [-0.39, 0.29) is 6.42 Å². The van der Waals surface area contributed by atoms with Gasteiger partial charge in [0.2, 0.25) is 5.44 Å². The van der Waals surface area contributed by atoms with Crippen molar-refractivity contribution in [3.8, 4) is 0 Å². The molecule has 1 unspecified atom stereocenters. The van der Waals surface area contributed by atoms with Crippen LogP contribution in [0.2, 0.25) is 0 Å². The molecule has 0 aromatic carbocycles. The van der Waals surface area contributed by atoms with Gasteiger partial charge in [0.25, 0.3) is 20.2 Å². The Kier molecular flexibility index (Phi) is 6.99. The molecule has 0 aliphatic heterocycles. The SMILES string of the molecule is CCC(OS(C)(=O)=O)S(=O)(=O)O.c1ccncc1. The first-order valence-corrected chi connectivity index (χ1v) is 8.18. The number of nitrogens with zero attached hydrogens (tertiary/aromatic N) is 1. The van der Waals surface area contributed by atoms with E-state index < -0.39 is 25.7 Å². The molecule has 18 heavy (non-hydrogen) atoms. The number of pyridine rings is 1. The van der Waals surface area contributed by atoms with Crippen molar-refractivity contribution < 1.29 is 25.6 Å². The minimum absolute atomic E-state index is 0.133. The Hall–Kier alpha value is -1.03. The Morgan fingerprint density at radius 1 is 1.17 bits per heavy atom. The molecule has 0 saturated heterocycles. The van der Waals surface area contributed by atoms with Gasteiger partial charge in [0.15, 0.2) is 0 Å². The van der Waals surface area contributed by atoms with Crippen LogP contribution in [0.5, 0.6) is 0 Å². The zero-order valence-corrected chi connectivity index (χ0v) is 11.6. The maximum Gasteiger partial charge on any atom is 0.293 e. The Balaban J connectivity index is 0.000000397. The first-order valence-electron chi connectivity index (χ1n) is 4.86. The summed E-state index contributed by atoms with van der Waals surface area (Å²) < 4.78 is 54.2. The lowest BCUT2D eigenvalue weighted by molar-refractivity contribution is 0.260. The molecule has 1 heterocycles. The summed E-state index contributed by atoms with van der Waals surface area (Å²) in [7, 11) is -8.31. The molecular weight excluding hydrogens is 282 g/mol. The zero-order valence-electron chi connectivity index (χ0n) is 9.92. The fraction of sp³-hybridized carbons (Fsp3) is 0.444. The molecule has 0 saturated carbocycles. The Morgan fingerprint density at radius 2 is 1.67 bits per heavy atom. The minimum Gasteiger partial charge on any atom is -0.284 e. The van der Waals surface area contributed by atoms with Gasteiger partial charge in [0, 0.05) is 12.4 Å². The summed E-state index contributed by atoms with van der Waals surface area (Å²) in [4.78, 5) is 3.78. The molecular formula is C9H15NO6S2. The highest BCUT2D eigenvalue weighted by molar-refractivity contribution is 7.89. The van der Waals surface area contributed by atoms with E-state index in [0.29, 0.717) is 6.26 Å². The van der Waals surface area contributed by atoms with Gasteiger partial charge in [-0.3, -0.25) is 9.54 Å². The lowest BCUT2D eigenvalue weighted by Crippen LogP contribution is -2.25. The largest absolute Gasteiger partial charge is 0.293 e. The van der Waals surface area contributed by atoms with Gasteiger partial charge in [-0.25, -0.2) is 4.18 Å². The van der Waals surface area contributed by atoms with Crippen LogP contribution in [0.3, 0.4) is 0 Å². The fourth-order valence-electron chi connectivity index (χ4n) is 0.836. The molecule has 0 amide bonds. The van der Waals surface area contributed by atoms with Crippen molar-refractivity contribution in [2.24, 2.45) is 0 Å². The van der Waals surface area contributed by atoms with Crippen molar-refractivity contribution in [3.05, 3.63) is 30.6 Å². The second-order valence-corrected chi connectivity index (χ2v) is 6.33. The quantitative estimate of drug-likeness (QED) is 0.642. The summed E-state index contributed by atoms with van der Waals surface area (Å²) in [5.41, 5.74) is -1.70. The molecule has 7 nitrogen and oxygen atoms in total. The number of aromatic nitrogens is 1. The number of hydrogen-bond acceptors (Lipinski definition) is 6. The molecule has 1 rings (SSSR count). The molecule has 0 radical (unpaired) electrons. The first kappa shape index (κ1) is 17.0. The minimum atomic E-state index is -4.45. The van der Waals surface area contributed by atoms with Gasteiger partial charge in [0.1, 0.15) is 0 Å². The highest BCUT2D eigenvalue weighted by Gasteiger charge is 2.25. The molecule has 0 spiro atoms. The molecule has 1 aromatic rings. The summed E-state index contributed by atoms with van der Waals surface area (Å²) >= 11 is 0. The molecule has 1 N–H and O–H groups in total. The average Bonchev–Trinajstić information content (AvgIpc) is 2.26. The van der Waals surface area contributed by atoms with Crippen molar-refractivity contribution >= 4 is 20.2 Å². The van der Waals surface area contributed by atoms with E-state index >= 15 is 0 Å². The van der Waals surface area contributed by atoms with Crippen LogP contribution in [0.1, 0.15) is 13.3 Å². The first-order chi connectivity index (χ1) is 8.17. The van der Waals surface area contributed by atoms with E-state index in [4.69, 9.17) is 4.55 Å². The lowest BCUT2D eigenvalue weighted by Gasteiger charge is -2.09. The third kappa shape index (κ3) is 9.05. The highest BCUT2D eigenvalue weighted by Crippen LogP contribution is 2.08. The van der Waals surface area contributed by atoms with Crippen molar-refractivity contribution in [2.75, 3.05) is 6.26 Å². The molecule has 1 aromatic heterocycles. The fourth-order valence-corrected chi connectivity index (χ4v) is 2.61. The predicted octanol–water partition coefficient (Wildman–Crippen LogP) is 0.668. The van der Waals surface area contributed by atoms with Crippen LogP contribution in [-0.4, -0.2) is 38.1 Å². The van der Waals surface area contributed by atoms with E-state index in [9.17, 15) is 16.8 Å². The molecule has 0 bridgehead atoms. The average molecular weight is 297 g/mol. The Morgan fingerprint density at radius 3 is 1.78 bits per heavy atom. The smallest absolute Gasteiger partial charge is 0.284 e. The number of hydrogen-bond donors (Lipinski definition) is 1. The third-order valence-corrected chi connectivity index (χ3v) is 3.31. The van der Waals surface area contributed by atoms with Gasteiger partial charge in [-0.1, -0.05) is 13.0 Å². The summed E-state index contributed by atoms with van der Waals surface area (Å²) in [6, 6.07) is 5.72. The standard InChI is InChI=1S/C5H5N.C4H10O6S2/c1-2-4-6-5-3-1;1-3-4(12(7,8)9)10-11(2,5)6/h1-5H;4H,3H2,1-2H3,(H,7,8,9). The topological polar surface area (TPSA) is 111 Å². The van der Waals surface area contributed by atoms with Crippen LogP contribution in [-0.2, 0) is 24.4 Å². The molecule has 9 heteroatoms. The van der Waals surface area contributed by atoms with Gasteiger partial charge in [0.05, 0.1) is 6.26 Å². The van der Waals surface area contributed by atoms with E-state index in [1.165, 1.54) is 6.92 Å². The van der Waals surface area contributed by atoms with Crippen LogP contribution in [0.15, 0.2) is 30.6 Å². The zero-order chi connectivity index (χ0) is 14.2. The predicted molar refractivity (Wildman–Crippen MR) is 65.8 cm³/mol. The summed E-state index contributed by atoms with van der Waals surface area (Å²) in [6.45, 7) is 1.38. The maximum absolute atomic E-state index is 10.4. The van der Waals surface area contributed by atoms with Gasteiger partial charge in [-0.15, -0.1) is 0 Å². The van der Waals surface area contributed by atoms with E-state index in [1.807, 2.05) is 18.2 Å². The molecule has 1 atom stereocenters. The van der Waals surface area contributed by atoms with Crippen molar-refractivity contribution in [2.45, 2.75) is 18.8 Å². The van der Waals surface area contributed by atoms with E-state index in [1.54, 1.807) is 12.4 Å². The molecule has 0 aliphatic carbocycles. The third-order valence-electron chi connectivity index (χ3n) is 1.51. The number of rotatable bonds is 4. The maximum atomic E-state index is 10.4. The van der Waals surface area contributed by atoms with Crippen LogP contribution in [0.25, 0.3) is 0 Å². The van der Waals surface area contributed by atoms with E-state index in [2.05, 4.69) is 9.17 Å². The van der Waals surface area contributed by atoms with Gasteiger partial charge < -0.3 is 0 Å². The molecule has 0 fully saturated rings. The Bertz CT molecular complexity index is 499. The monoisotopic (exact) mass is 297 g/mol. The summed E-state index contributed by atoms with van der Waals surface area (Å²) in [6.07, 6.45) is 4.08. The Labute approximate surface area is 107 Å². The highest BCUT2D eigenvalue weighted by atomic mass is 32.2. The van der Waals surface area contributed by atoms with Gasteiger partial charge in [-0.05, 0) is 18.6 Å². The van der Waals surface area contributed by atoms with Crippen molar-refractivity contribution in [1.82, 2.24) is 4.98 Å².